The molecule has 0 aliphatic carbocycles. The van der Waals surface area contributed by atoms with Gasteiger partial charge >= 0.3 is 0 Å². The van der Waals surface area contributed by atoms with Gasteiger partial charge in [0.25, 0.3) is 0 Å². The molecule has 0 spiro atoms. The first-order valence-electron chi connectivity index (χ1n) is 5.03. The second-order valence-electron chi connectivity index (χ2n) is 3.74. The topological polar surface area (TPSA) is 17.1 Å². The first-order chi connectivity index (χ1) is 7.47. The molecule has 1 aromatic rings. The van der Waals surface area contributed by atoms with Gasteiger partial charge in [-0.15, -0.1) is 11.3 Å². The van der Waals surface area contributed by atoms with E-state index in [1.807, 2.05) is 19.9 Å². The number of hydrogen-bond donors (Lipinski definition) is 0. The van der Waals surface area contributed by atoms with E-state index in [-0.39, 0.29) is 6.29 Å². The lowest BCUT2D eigenvalue weighted by Gasteiger charge is -1.95. The second kappa shape index (κ2) is 5.21. The van der Waals surface area contributed by atoms with Crippen LogP contribution in [0.4, 0.5) is 4.39 Å². The van der Waals surface area contributed by atoms with Crippen LogP contribution < -0.4 is 0 Å². The average molecular weight is 238 g/mol. The second-order valence-corrected chi connectivity index (χ2v) is 5.16. The van der Waals surface area contributed by atoms with E-state index in [4.69, 9.17) is 0 Å². The van der Waals surface area contributed by atoms with Gasteiger partial charge in [0.15, 0.2) is 12.1 Å². The van der Waals surface area contributed by atoms with Crippen LogP contribution in [0.5, 0.6) is 0 Å². The molecule has 0 unspecified atom stereocenters. The summed E-state index contributed by atoms with van der Waals surface area (Å²) in [6, 6.07) is 0. The Morgan fingerprint density at radius 2 is 1.88 bits per heavy atom. The van der Waals surface area contributed by atoms with Crippen molar-refractivity contribution in [2.24, 2.45) is 0 Å². The highest BCUT2D eigenvalue weighted by Crippen LogP contribution is 2.28. The Morgan fingerprint density at radius 3 is 2.31 bits per heavy atom. The van der Waals surface area contributed by atoms with Crippen molar-refractivity contribution in [1.29, 1.82) is 0 Å². The molecule has 3 heteroatoms. The third kappa shape index (κ3) is 2.67. The summed E-state index contributed by atoms with van der Waals surface area (Å²) in [4.78, 5) is 12.7. The summed E-state index contributed by atoms with van der Waals surface area (Å²) in [6.07, 6.45) is 3.75. The first kappa shape index (κ1) is 12.8. The van der Waals surface area contributed by atoms with Crippen LogP contribution in [0.15, 0.2) is 17.5 Å². The Balaban J connectivity index is 3.06. The zero-order valence-corrected chi connectivity index (χ0v) is 10.7. The molecule has 0 radical (unpaired) electrons. The summed E-state index contributed by atoms with van der Waals surface area (Å²) in [5.41, 5.74) is 2.70. The Bertz CT molecular complexity index is 467. The smallest absolute Gasteiger partial charge is 0.178 e. The molecule has 0 saturated carbocycles. The van der Waals surface area contributed by atoms with Crippen molar-refractivity contribution in [3.8, 4) is 0 Å². The average Bonchev–Trinajstić information content (AvgIpc) is 2.49. The van der Waals surface area contributed by atoms with E-state index in [1.54, 1.807) is 24.3 Å². The van der Waals surface area contributed by atoms with E-state index in [2.05, 4.69) is 6.92 Å². The maximum Gasteiger partial charge on any atom is 0.178 e. The fraction of sp³-hybridized carbons (Fsp3) is 0.308. The van der Waals surface area contributed by atoms with Crippen molar-refractivity contribution in [3.05, 3.63) is 38.4 Å². The quantitative estimate of drug-likeness (QED) is 0.439. The molecule has 1 nitrogen and oxygen atoms in total. The Labute approximate surface area is 99.3 Å². The van der Waals surface area contributed by atoms with E-state index < -0.39 is 5.83 Å². The third-order valence-electron chi connectivity index (χ3n) is 2.60. The molecule has 0 N–H and O–H groups in total. The molecule has 0 bridgehead atoms. The van der Waals surface area contributed by atoms with Crippen LogP contribution in [0.25, 0.3) is 6.08 Å². The van der Waals surface area contributed by atoms with Crippen molar-refractivity contribution in [1.82, 2.24) is 0 Å². The van der Waals surface area contributed by atoms with E-state index in [0.29, 0.717) is 5.57 Å². The molecule has 1 rings (SSSR count). The molecular formula is C13H15FOS. The van der Waals surface area contributed by atoms with Gasteiger partial charge in [-0.1, -0.05) is 12.2 Å². The summed E-state index contributed by atoms with van der Waals surface area (Å²) < 4.78 is 12.9. The van der Waals surface area contributed by atoms with Crippen LogP contribution in [-0.4, -0.2) is 6.29 Å². The number of thiophene rings is 1. The van der Waals surface area contributed by atoms with E-state index in [9.17, 15) is 9.18 Å². The number of carbonyl (C=O) groups excluding carboxylic acids is 1. The SMILES string of the molecule is CC(/C=C/c1c(C)sc(C)c1C)=C(/F)C=O. The Hall–Kier alpha value is -1.22. The molecule has 1 aromatic heterocycles. The molecule has 0 atom stereocenters. The van der Waals surface area contributed by atoms with Crippen molar-refractivity contribution in [2.45, 2.75) is 27.7 Å². The number of aldehydes is 1. The molecule has 0 saturated heterocycles. The van der Waals surface area contributed by atoms with Gasteiger partial charge in [0, 0.05) is 9.75 Å². The minimum absolute atomic E-state index is 0.234. The Kier molecular flexibility index (Phi) is 4.19. The van der Waals surface area contributed by atoms with Crippen molar-refractivity contribution < 1.29 is 9.18 Å². The molecule has 1 heterocycles. The van der Waals surface area contributed by atoms with Gasteiger partial charge in [-0.3, -0.25) is 4.79 Å². The molecule has 0 fully saturated rings. The minimum Gasteiger partial charge on any atom is -0.295 e. The van der Waals surface area contributed by atoms with Crippen molar-refractivity contribution in [3.63, 3.8) is 0 Å². The fourth-order valence-corrected chi connectivity index (χ4v) is 2.49. The van der Waals surface area contributed by atoms with Gasteiger partial charge in [-0.05, 0) is 44.4 Å². The molecular weight excluding hydrogens is 223 g/mol. The number of rotatable bonds is 3. The first-order valence-corrected chi connectivity index (χ1v) is 5.85. The molecule has 0 aliphatic rings. The van der Waals surface area contributed by atoms with Gasteiger partial charge in [0.05, 0.1) is 0 Å². The monoisotopic (exact) mass is 238 g/mol. The van der Waals surface area contributed by atoms with Gasteiger partial charge < -0.3 is 0 Å². The predicted octanol–water partition coefficient (Wildman–Crippen LogP) is 4.13. The molecule has 16 heavy (non-hydrogen) atoms. The van der Waals surface area contributed by atoms with Crippen LogP contribution in [0.3, 0.4) is 0 Å². The summed E-state index contributed by atoms with van der Waals surface area (Å²) >= 11 is 1.73. The van der Waals surface area contributed by atoms with Crippen LogP contribution in [-0.2, 0) is 4.79 Å². The largest absolute Gasteiger partial charge is 0.295 e. The number of hydrogen-bond acceptors (Lipinski definition) is 2. The van der Waals surface area contributed by atoms with Gasteiger partial charge in [-0.25, -0.2) is 4.39 Å². The number of allylic oxidation sites excluding steroid dienone is 3. The normalized spacial score (nSPS) is 13.1. The van der Waals surface area contributed by atoms with Crippen molar-refractivity contribution in [2.75, 3.05) is 0 Å². The third-order valence-corrected chi connectivity index (χ3v) is 3.74. The summed E-state index contributed by atoms with van der Waals surface area (Å²) in [5, 5.41) is 0. The summed E-state index contributed by atoms with van der Waals surface area (Å²) in [5.74, 6) is -0.710. The standard InChI is InChI=1S/C13H15FOS/c1-8(13(14)7-15)5-6-12-9(2)10(3)16-11(12)4/h5-7H,1-4H3/b6-5+,13-8-. The number of aryl methyl sites for hydroxylation is 2. The molecule has 86 valence electrons. The zero-order chi connectivity index (χ0) is 12.3. The fourth-order valence-electron chi connectivity index (χ4n) is 1.44. The summed E-state index contributed by atoms with van der Waals surface area (Å²) in [6.45, 7) is 7.75. The predicted molar refractivity (Wildman–Crippen MR) is 67.4 cm³/mol. The lowest BCUT2D eigenvalue weighted by molar-refractivity contribution is -0.106. The van der Waals surface area contributed by atoms with Crippen LogP contribution >= 0.6 is 11.3 Å². The van der Waals surface area contributed by atoms with Gasteiger partial charge in [-0.2, -0.15) is 0 Å². The Morgan fingerprint density at radius 1 is 1.25 bits per heavy atom. The van der Waals surface area contributed by atoms with Crippen molar-refractivity contribution >= 4 is 23.7 Å². The van der Waals surface area contributed by atoms with Crippen LogP contribution in [0.2, 0.25) is 0 Å². The number of carbonyl (C=O) groups is 1. The molecule has 0 aliphatic heterocycles. The number of halogens is 1. The van der Waals surface area contributed by atoms with E-state index in [1.165, 1.54) is 15.3 Å². The molecule has 0 aromatic carbocycles. The summed E-state index contributed by atoms with van der Waals surface area (Å²) in [7, 11) is 0. The minimum atomic E-state index is -0.710. The lowest BCUT2D eigenvalue weighted by Crippen LogP contribution is -1.81. The van der Waals surface area contributed by atoms with E-state index in [0.717, 1.165) is 5.56 Å². The highest BCUT2D eigenvalue weighted by molar-refractivity contribution is 7.12. The maximum atomic E-state index is 12.9. The molecule has 0 amide bonds. The van der Waals surface area contributed by atoms with Gasteiger partial charge in [0.2, 0.25) is 0 Å². The van der Waals surface area contributed by atoms with E-state index >= 15 is 0 Å². The maximum absolute atomic E-state index is 12.9. The highest BCUT2D eigenvalue weighted by Gasteiger charge is 2.06. The highest BCUT2D eigenvalue weighted by atomic mass is 32.1. The van der Waals surface area contributed by atoms with Crippen LogP contribution in [0, 0.1) is 20.8 Å². The van der Waals surface area contributed by atoms with Crippen LogP contribution in [0.1, 0.15) is 27.8 Å². The lowest BCUT2D eigenvalue weighted by atomic mass is 10.1. The zero-order valence-electron chi connectivity index (χ0n) is 9.93. The van der Waals surface area contributed by atoms with Gasteiger partial charge in [0.1, 0.15) is 0 Å².